The van der Waals surface area contributed by atoms with Crippen LogP contribution in [-0.4, -0.2) is 30.7 Å². The minimum Gasteiger partial charge on any atom is -0.495 e. The maximum absolute atomic E-state index is 13.3. The molecule has 9 heteroatoms. The van der Waals surface area contributed by atoms with E-state index in [0.717, 1.165) is 24.8 Å². The van der Waals surface area contributed by atoms with E-state index in [-0.39, 0.29) is 16.7 Å². The number of methoxy groups -OCH3 is 1. The third-order valence-corrected chi connectivity index (χ3v) is 6.83. The highest BCUT2D eigenvalue weighted by atomic mass is 32.2. The number of rotatable bonds is 6. The maximum Gasteiger partial charge on any atom is 0.264 e. The summed E-state index contributed by atoms with van der Waals surface area (Å²) in [4.78, 5) is 3.19. The van der Waals surface area contributed by atoms with Gasteiger partial charge in [-0.1, -0.05) is 12.5 Å². The first-order chi connectivity index (χ1) is 13.8. The summed E-state index contributed by atoms with van der Waals surface area (Å²) in [5.74, 6) is 1.49. The van der Waals surface area contributed by atoms with Crippen molar-refractivity contribution in [2.24, 2.45) is 0 Å². The molecular formula is C20H24N4O4S. The van der Waals surface area contributed by atoms with Gasteiger partial charge in [0.15, 0.2) is 0 Å². The van der Waals surface area contributed by atoms with Crippen molar-refractivity contribution in [3.8, 4) is 17.2 Å². The molecule has 0 spiro atoms. The smallest absolute Gasteiger partial charge is 0.264 e. The average molecular weight is 417 g/mol. The topological polar surface area (TPSA) is 110 Å². The van der Waals surface area contributed by atoms with Crippen LogP contribution in [-0.2, 0) is 10.0 Å². The van der Waals surface area contributed by atoms with Crippen LogP contribution in [0.3, 0.4) is 0 Å². The third-order valence-electron chi connectivity index (χ3n) is 5.29. The Labute approximate surface area is 169 Å². The molecule has 29 heavy (non-hydrogen) atoms. The zero-order valence-electron chi connectivity index (χ0n) is 16.9. The number of aromatic amines is 1. The van der Waals surface area contributed by atoms with E-state index in [4.69, 9.17) is 9.15 Å². The number of nitrogens with one attached hydrogen (secondary N) is 2. The van der Waals surface area contributed by atoms with E-state index in [9.17, 15) is 8.42 Å². The molecule has 8 nitrogen and oxygen atoms in total. The Morgan fingerprint density at radius 1 is 1.17 bits per heavy atom. The summed E-state index contributed by atoms with van der Waals surface area (Å²) in [6.07, 6.45) is 3.19. The summed E-state index contributed by atoms with van der Waals surface area (Å²) in [5.41, 5.74) is 2.84. The molecule has 1 aliphatic rings. The first-order valence-electron chi connectivity index (χ1n) is 9.50. The summed E-state index contributed by atoms with van der Waals surface area (Å²) < 4.78 is 40.5. The summed E-state index contributed by atoms with van der Waals surface area (Å²) in [6.45, 7) is 5.39. The van der Waals surface area contributed by atoms with Gasteiger partial charge < -0.3 is 14.1 Å². The number of aryl methyl sites for hydroxylation is 3. The van der Waals surface area contributed by atoms with Crippen LogP contribution in [0, 0.1) is 20.8 Å². The summed E-state index contributed by atoms with van der Waals surface area (Å²) in [5, 5.41) is 8.28. The van der Waals surface area contributed by atoms with Gasteiger partial charge in [0, 0.05) is 17.3 Å². The predicted octanol–water partition coefficient (Wildman–Crippen LogP) is 4.07. The molecule has 1 fully saturated rings. The lowest BCUT2D eigenvalue weighted by Crippen LogP contribution is -2.15. The molecular weight excluding hydrogens is 392 g/mol. The molecule has 0 atom stereocenters. The van der Waals surface area contributed by atoms with Crippen molar-refractivity contribution in [2.45, 2.75) is 50.8 Å². The van der Waals surface area contributed by atoms with Gasteiger partial charge in [-0.25, -0.2) is 8.42 Å². The summed E-state index contributed by atoms with van der Waals surface area (Å²) in [7, 11) is -2.44. The molecule has 1 saturated carbocycles. The first kappa shape index (κ1) is 19.5. The Morgan fingerprint density at radius 3 is 2.59 bits per heavy atom. The predicted molar refractivity (Wildman–Crippen MR) is 109 cm³/mol. The average Bonchev–Trinajstić information content (AvgIpc) is 3.17. The van der Waals surface area contributed by atoms with Gasteiger partial charge in [-0.15, -0.1) is 10.2 Å². The van der Waals surface area contributed by atoms with Crippen molar-refractivity contribution in [1.82, 2.24) is 15.2 Å². The number of aromatic nitrogens is 3. The molecule has 0 amide bonds. The molecule has 154 valence electrons. The molecule has 1 aliphatic carbocycles. The van der Waals surface area contributed by atoms with E-state index < -0.39 is 10.0 Å². The molecule has 0 unspecified atom stereocenters. The first-order valence-corrected chi connectivity index (χ1v) is 11.0. The van der Waals surface area contributed by atoms with E-state index >= 15 is 0 Å². The molecule has 0 aliphatic heterocycles. The normalized spacial score (nSPS) is 14.6. The van der Waals surface area contributed by atoms with Crippen molar-refractivity contribution in [3.05, 3.63) is 41.0 Å². The van der Waals surface area contributed by atoms with Crippen molar-refractivity contribution in [3.63, 3.8) is 0 Å². The fourth-order valence-corrected chi connectivity index (χ4v) is 5.12. The second-order valence-electron chi connectivity index (χ2n) is 7.46. The summed E-state index contributed by atoms with van der Waals surface area (Å²) >= 11 is 0. The minimum absolute atomic E-state index is 0.0994. The zero-order chi connectivity index (χ0) is 20.8. The molecule has 2 aromatic heterocycles. The minimum atomic E-state index is -3.94. The van der Waals surface area contributed by atoms with Crippen LogP contribution >= 0.6 is 0 Å². The van der Waals surface area contributed by atoms with Crippen molar-refractivity contribution >= 4 is 15.7 Å². The van der Waals surface area contributed by atoms with Crippen LogP contribution in [0.1, 0.15) is 48.0 Å². The third kappa shape index (κ3) is 3.50. The van der Waals surface area contributed by atoms with Gasteiger partial charge >= 0.3 is 0 Å². The van der Waals surface area contributed by atoms with Gasteiger partial charge in [-0.3, -0.25) is 4.72 Å². The number of hydrogen-bond donors (Lipinski definition) is 2. The maximum atomic E-state index is 13.3. The highest BCUT2D eigenvalue weighted by Crippen LogP contribution is 2.39. The second-order valence-corrected chi connectivity index (χ2v) is 9.08. The van der Waals surface area contributed by atoms with Crippen LogP contribution in [0.2, 0.25) is 0 Å². The van der Waals surface area contributed by atoms with Crippen LogP contribution < -0.4 is 9.46 Å². The Morgan fingerprint density at radius 2 is 1.93 bits per heavy atom. The van der Waals surface area contributed by atoms with Gasteiger partial charge in [0.2, 0.25) is 5.89 Å². The monoisotopic (exact) mass is 416 g/mol. The largest absolute Gasteiger partial charge is 0.495 e. The number of sulfonamides is 1. The molecule has 0 radical (unpaired) electrons. The van der Waals surface area contributed by atoms with Gasteiger partial charge in [0.1, 0.15) is 10.6 Å². The van der Waals surface area contributed by atoms with Crippen molar-refractivity contribution < 1.29 is 17.6 Å². The zero-order valence-corrected chi connectivity index (χ0v) is 17.7. The van der Waals surface area contributed by atoms with Crippen LogP contribution in [0.25, 0.3) is 11.5 Å². The second kappa shape index (κ2) is 7.22. The number of H-pyrrole nitrogens is 1. The quantitative estimate of drug-likeness (QED) is 0.627. The number of benzene rings is 1. The van der Waals surface area contributed by atoms with E-state index in [0.29, 0.717) is 34.3 Å². The van der Waals surface area contributed by atoms with Crippen molar-refractivity contribution in [2.75, 3.05) is 11.8 Å². The number of ether oxygens (including phenoxy) is 1. The standard InChI is InChI=1S/C20H24N4O4S/c1-11-8-9-16(27-4)15(10-11)24-29(25,26)18-13(3)21-12(2)17(18)20-23-22-19(28-20)14-6-5-7-14/h8-10,14,21,24H,5-7H2,1-4H3. The Kier molecular flexibility index (Phi) is 4.85. The van der Waals surface area contributed by atoms with Gasteiger partial charge in [0.05, 0.1) is 18.4 Å². The SMILES string of the molecule is COc1ccc(C)cc1NS(=O)(=O)c1c(C)[nH]c(C)c1-c1nnc(C2CCC2)o1. The summed E-state index contributed by atoms with van der Waals surface area (Å²) in [6, 6.07) is 5.31. The lowest BCUT2D eigenvalue weighted by Gasteiger charge is -2.20. The van der Waals surface area contributed by atoms with Crippen LogP contribution in [0.5, 0.6) is 5.75 Å². The van der Waals surface area contributed by atoms with Crippen molar-refractivity contribution in [1.29, 1.82) is 0 Å². The fourth-order valence-electron chi connectivity index (χ4n) is 3.60. The number of hydrogen-bond acceptors (Lipinski definition) is 6. The molecule has 2 N–H and O–H groups in total. The number of nitrogens with zero attached hydrogens (tertiary/aromatic N) is 2. The van der Waals surface area contributed by atoms with Gasteiger partial charge in [-0.2, -0.15) is 0 Å². The highest BCUT2D eigenvalue weighted by Gasteiger charge is 2.31. The Bertz CT molecular complexity index is 1160. The van der Waals surface area contributed by atoms with E-state index in [2.05, 4.69) is 19.9 Å². The van der Waals surface area contributed by atoms with E-state index in [1.165, 1.54) is 7.11 Å². The Balaban J connectivity index is 1.77. The Hall–Kier alpha value is -2.81. The molecule has 0 bridgehead atoms. The van der Waals surface area contributed by atoms with Gasteiger partial charge in [0.25, 0.3) is 15.9 Å². The molecule has 0 saturated heterocycles. The highest BCUT2D eigenvalue weighted by molar-refractivity contribution is 7.93. The molecule has 3 aromatic rings. The van der Waals surface area contributed by atoms with Gasteiger partial charge in [-0.05, 0) is 51.3 Å². The fraction of sp³-hybridized carbons (Fsp3) is 0.400. The molecule has 1 aromatic carbocycles. The van der Waals surface area contributed by atoms with Crippen LogP contribution in [0.4, 0.5) is 5.69 Å². The van der Waals surface area contributed by atoms with E-state index in [1.807, 2.05) is 13.0 Å². The molecule has 2 heterocycles. The van der Waals surface area contributed by atoms with E-state index in [1.54, 1.807) is 26.0 Å². The lowest BCUT2D eigenvalue weighted by molar-refractivity contribution is 0.338. The van der Waals surface area contributed by atoms with Crippen LogP contribution in [0.15, 0.2) is 27.5 Å². The number of anilines is 1. The lowest BCUT2D eigenvalue weighted by atomic mass is 9.85. The molecule has 4 rings (SSSR count).